The van der Waals surface area contributed by atoms with Gasteiger partial charge in [0.15, 0.2) is 9.92 Å². The molecule has 0 spiro atoms. The lowest BCUT2D eigenvalue weighted by Crippen LogP contribution is -2.35. The van der Waals surface area contributed by atoms with Crippen molar-refractivity contribution in [1.29, 1.82) is 0 Å². The molecular formula is C17H21ClN4O3S2. The molecule has 0 saturated heterocycles. The van der Waals surface area contributed by atoms with Gasteiger partial charge < -0.3 is 5.73 Å². The molecule has 146 valence electrons. The van der Waals surface area contributed by atoms with E-state index < -0.39 is 27.8 Å². The lowest BCUT2D eigenvalue weighted by Gasteiger charge is -2.13. The number of hydrogen-bond acceptors (Lipinski definition) is 6. The fourth-order valence-corrected chi connectivity index (χ4v) is 5.30. The fraction of sp³-hybridized carbons (Fsp3) is 0.353. The molecule has 0 fully saturated rings. The molecule has 2 atom stereocenters. The maximum absolute atomic E-state index is 13.4. The molecule has 0 saturated carbocycles. The van der Waals surface area contributed by atoms with E-state index >= 15 is 0 Å². The Morgan fingerprint density at radius 3 is 2.74 bits per heavy atom. The fourth-order valence-electron chi connectivity index (χ4n) is 2.24. The topological polar surface area (TPSA) is 115 Å². The standard InChI is InChI=1S/C17H21ClN4O3S2/c1-11(2)6-14(19)17(24)22-27(25,16-8-13(18)10-26-16)21-15(23)7-12-4-3-5-20-9-12/h3-5,8-11,14H,6-7,19H2,1-2H3,(H,21,22,23,24,25). The van der Waals surface area contributed by atoms with Gasteiger partial charge in [-0.3, -0.25) is 19.3 Å². The number of thiophene rings is 1. The minimum atomic E-state index is -3.54. The van der Waals surface area contributed by atoms with Crippen LogP contribution in [-0.2, 0) is 25.9 Å². The molecule has 2 rings (SSSR count). The number of pyridine rings is 1. The van der Waals surface area contributed by atoms with Crippen LogP contribution in [0, 0.1) is 5.92 Å². The number of nitrogens with one attached hydrogen (secondary N) is 1. The average molecular weight is 429 g/mol. The van der Waals surface area contributed by atoms with Crippen LogP contribution in [0.4, 0.5) is 0 Å². The summed E-state index contributed by atoms with van der Waals surface area (Å²) in [6.07, 6.45) is 3.46. The lowest BCUT2D eigenvalue weighted by atomic mass is 10.0. The summed E-state index contributed by atoms with van der Waals surface area (Å²) in [5, 5.41) is 1.90. The van der Waals surface area contributed by atoms with Crippen LogP contribution in [0.3, 0.4) is 0 Å². The Hall–Kier alpha value is -1.81. The van der Waals surface area contributed by atoms with Crippen LogP contribution in [0.1, 0.15) is 25.8 Å². The van der Waals surface area contributed by atoms with E-state index in [1.165, 1.54) is 12.3 Å². The molecular weight excluding hydrogens is 408 g/mol. The summed E-state index contributed by atoms with van der Waals surface area (Å²) in [7, 11) is -3.54. The Morgan fingerprint density at radius 2 is 2.19 bits per heavy atom. The highest BCUT2D eigenvalue weighted by molar-refractivity contribution is 7.94. The van der Waals surface area contributed by atoms with E-state index in [4.69, 9.17) is 17.3 Å². The predicted octanol–water partition coefficient (Wildman–Crippen LogP) is 2.80. The van der Waals surface area contributed by atoms with Crippen molar-refractivity contribution in [1.82, 2.24) is 9.71 Å². The van der Waals surface area contributed by atoms with E-state index in [1.807, 2.05) is 13.8 Å². The molecule has 3 N–H and O–H groups in total. The molecule has 27 heavy (non-hydrogen) atoms. The van der Waals surface area contributed by atoms with Crippen molar-refractivity contribution in [2.24, 2.45) is 16.0 Å². The second-order valence-corrected chi connectivity index (χ2v) is 9.82. The number of rotatable bonds is 7. The molecule has 2 aromatic rings. The highest BCUT2D eigenvalue weighted by atomic mass is 35.5. The molecule has 2 aromatic heterocycles. The molecule has 7 nitrogen and oxygen atoms in total. The van der Waals surface area contributed by atoms with Gasteiger partial charge in [0.2, 0.25) is 5.91 Å². The monoisotopic (exact) mass is 428 g/mol. The summed E-state index contributed by atoms with van der Waals surface area (Å²) in [5.74, 6) is -1.10. The summed E-state index contributed by atoms with van der Waals surface area (Å²) in [6, 6.07) is 3.94. The number of halogens is 1. The lowest BCUT2D eigenvalue weighted by molar-refractivity contribution is -0.119. The van der Waals surface area contributed by atoms with Gasteiger partial charge in [0, 0.05) is 17.8 Å². The number of nitrogens with zero attached hydrogens (tertiary/aromatic N) is 2. The van der Waals surface area contributed by atoms with Gasteiger partial charge in [-0.25, -0.2) is 4.21 Å². The highest BCUT2D eigenvalue weighted by Gasteiger charge is 2.23. The van der Waals surface area contributed by atoms with E-state index in [9.17, 15) is 13.8 Å². The Bertz CT molecular complexity index is 921. The molecule has 0 aliphatic heterocycles. The normalized spacial score (nSPS) is 14.4. The van der Waals surface area contributed by atoms with Crippen molar-refractivity contribution in [3.63, 3.8) is 0 Å². The zero-order chi connectivity index (χ0) is 20.0. The number of nitrogens with two attached hydrogens (primary N) is 1. The zero-order valence-electron chi connectivity index (χ0n) is 14.9. The van der Waals surface area contributed by atoms with E-state index in [-0.39, 0.29) is 16.5 Å². The Labute approximate surface area is 167 Å². The van der Waals surface area contributed by atoms with Gasteiger partial charge in [-0.05, 0) is 30.0 Å². The number of hydrogen-bond donors (Lipinski definition) is 2. The first-order valence-corrected chi connectivity index (χ1v) is 11.0. The van der Waals surface area contributed by atoms with Crippen LogP contribution in [0.2, 0.25) is 5.02 Å². The number of amides is 2. The first-order chi connectivity index (χ1) is 12.7. The van der Waals surface area contributed by atoms with Gasteiger partial charge in [0.05, 0.1) is 17.5 Å². The van der Waals surface area contributed by atoms with Crippen molar-refractivity contribution >= 4 is 44.7 Å². The quantitative estimate of drug-likeness (QED) is 0.703. The van der Waals surface area contributed by atoms with Gasteiger partial charge in [-0.2, -0.15) is 0 Å². The minimum Gasteiger partial charge on any atom is -0.320 e. The maximum Gasteiger partial charge on any atom is 0.272 e. The second kappa shape index (κ2) is 9.41. The summed E-state index contributed by atoms with van der Waals surface area (Å²) >= 11 is 6.96. The molecule has 0 radical (unpaired) electrons. The van der Waals surface area contributed by atoms with Crippen molar-refractivity contribution in [2.75, 3.05) is 0 Å². The average Bonchev–Trinajstić information content (AvgIpc) is 3.02. The van der Waals surface area contributed by atoms with Gasteiger partial charge in [-0.15, -0.1) is 15.7 Å². The molecule has 0 bridgehead atoms. The maximum atomic E-state index is 13.4. The first kappa shape index (κ1) is 21.5. The van der Waals surface area contributed by atoms with E-state index in [2.05, 4.69) is 14.1 Å². The van der Waals surface area contributed by atoms with E-state index in [1.54, 1.807) is 23.7 Å². The molecule has 0 aliphatic carbocycles. The highest BCUT2D eigenvalue weighted by Crippen LogP contribution is 2.25. The molecule has 0 aliphatic rings. The molecule has 2 heterocycles. The molecule has 2 amide bonds. The van der Waals surface area contributed by atoms with Crippen molar-refractivity contribution < 1.29 is 13.8 Å². The summed E-state index contributed by atoms with van der Waals surface area (Å²) in [4.78, 5) is 28.7. The van der Waals surface area contributed by atoms with Crippen molar-refractivity contribution in [3.05, 3.63) is 46.6 Å². The smallest absolute Gasteiger partial charge is 0.272 e. The third-order valence-electron chi connectivity index (χ3n) is 3.42. The molecule has 2 unspecified atom stereocenters. The van der Waals surface area contributed by atoms with Crippen LogP contribution in [-0.4, -0.2) is 27.0 Å². The largest absolute Gasteiger partial charge is 0.320 e. The van der Waals surface area contributed by atoms with Crippen molar-refractivity contribution in [3.8, 4) is 0 Å². The third kappa shape index (κ3) is 6.39. The second-order valence-electron chi connectivity index (χ2n) is 6.34. The van der Waals surface area contributed by atoms with Crippen LogP contribution in [0.15, 0.2) is 44.5 Å². The van der Waals surface area contributed by atoms with Gasteiger partial charge in [0.25, 0.3) is 5.91 Å². The van der Waals surface area contributed by atoms with Crippen LogP contribution in [0.25, 0.3) is 0 Å². The van der Waals surface area contributed by atoms with E-state index in [0.717, 1.165) is 11.3 Å². The number of carbonyl (C=O) groups is 2. The third-order valence-corrected chi connectivity index (χ3v) is 7.06. The molecule has 0 aromatic carbocycles. The number of carbonyl (C=O) groups excluding carboxylic acids is 2. The Kier molecular flexibility index (Phi) is 7.49. The summed E-state index contributed by atoms with van der Waals surface area (Å²) in [5.41, 5.74) is 6.49. The van der Waals surface area contributed by atoms with Gasteiger partial charge >= 0.3 is 0 Å². The van der Waals surface area contributed by atoms with Crippen LogP contribution >= 0.6 is 22.9 Å². The Morgan fingerprint density at radius 1 is 1.44 bits per heavy atom. The molecule has 10 heteroatoms. The Balaban J connectivity index is 2.30. The predicted molar refractivity (Wildman–Crippen MR) is 107 cm³/mol. The van der Waals surface area contributed by atoms with Crippen LogP contribution < -0.4 is 10.5 Å². The first-order valence-electron chi connectivity index (χ1n) is 8.19. The minimum absolute atomic E-state index is 0.0499. The van der Waals surface area contributed by atoms with Gasteiger partial charge in [-0.1, -0.05) is 31.5 Å². The van der Waals surface area contributed by atoms with E-state index in [0.29, 0.717) is 17.0 Å². The number of aromatic nitrogens is 1. The SMILES string of the molecule is CC(C)CC(N)C(=O)N=S(=O)(NC(=O)Cc1cccnc1)c1cc(Cl)cs1. The summed E-state index contributed by atoms with van der Waals surface area (Å²) < 4.78 is 19.7. The van der Waals surface area contributed by atoms with Gasteiger partial charge in [0.1, 0.15) is 4.21 Å². The zero-order valence-corrected chi connectivity index (χ0v) is 17.3. The van der Waals surface area contributed by atoms with Crippen LogP contribution in [0.5, 0.6) is 0 Å². The summed E-state index contributed by atoms with van der Waals surface area (Å²) in [6.45, 7) is 3.83. The van der Waals surface area contributed by atoms with Crippen molar-refractivity contribution in [2.45, 2.75) is 36.9 Å².